The van der Waals surface area contributed by atoms with Gasteiger partial charge in [-0.25, -0.2) is 0 Å². The molecule has 0 spiro atoms. The Balaban J connectivity index is 1.93. The fourth-order valence-electron chi connectivity index (χ4n) is 3.55. The van der Waals surface area contributed by atoms with Crippen molar-refractivity contribution in [3.05, 3.63) is 68.8 Å². The van der Waals surface area contributed by atoms with E-state index in [0.717, 1.165) is 31.7 Å². The summed E-state index contributed by atoms with van der Waals surface area (Å²) in [6.45, 7) is 2.78. The van der Waals surface area contributed by atoms with Gasteiger partial charge in [0.2, 0.25) is 0 Å². The summed E-state index contributed by atoms with van der Waals surface area (Å²) in [5.41, 5.74) is -2.73. The van der Waals surface area contributed by atoms with Crippen LogP contribution in [0.2, 0.25) is 0 Å². The van der Waals surface area contributed by atoms with Crippen LogP contribution in [-0.2, 0) is 4.74 Å². The van der Waals surface area contributed by atoms with Crippen LogP contribution in [0.5, 0.6) is 0 Å². The number of rotatable bonds is 4. The highest BCUT2D eigenvalue weighted by atomic mass is 16.7. The predicted octanol–water partition coefficient (Wildman–Crippen LogP) is 1.57. The Morgan fingerprint density at radius 3 is 2.12 bits per heavy atom. The molecule has 0 N–H and O–H groups in total. The number of morpholine rings is 1. The summed E-state index contributed by atoms with van der Waals surface area (Å²) < 4.78 is 5.42. The van der Waals surface area contributed by atoms with E-state index < -0.39 is 15.5 Å². The summed E-state index contributed by atoms with van der Waals surface area (Å²) in [6, 6.07) is 0. The van der Waals surface area contributed by atoms with Crippen LogP contribution in [-0.4, -0.2) is 52.3 Å². The summed E-state index contributed by atoms with van der Waals surface area (Å²) in [7, 11) is 0. The highest BCUT2D eigenvalue weighted by molar-refractivity contribution is 5.32. The second-order valence-electron chi connectivity index (χ2n) is 6.12. The van der Waals surface area contributed by atoms with E-state index >= 15 is 0 Å². The third-order valence-corrected chi connectivity index (χ3v) is 4.94. The summed E-state index contributed by atoms with van der Waals surface area (Å²) in [5.74, 6) is -0.176. The van der Waals surface area contributed by atoms with Crippen LogP contribution in [0.1, 0.15) is 6.42 Å². The molecule has 1 aliphatic heterocycles. The van der Waals surface area contributed by atoms with Crippen molar-refractivity contribution in [2.24, 2.45) is 5.92 Å². The molecular formula is C16H19N3O5. The average molecular weight is 333 g/mol. The Labute approximate surface area is 139 Å². The van der Waals surface area contributed by atoms with Gasteiger partial charge in [-0.1, -0.05) is 36.5 Å². The molecule has 0 aromatic rings. The smallest absolute Gasteiger partial charge is 0.379 e. The average Bonchev–Trinajstić information content (AvgIpc) is 2.62. The van der Waals surface area contributed by atoms with E-state index in [9.17, 15) is 20.2 Å². The lowest BCUT2D eigenvalue weighted by Crippen LogP contribution is -2.57. The molecule has 1 saturated heterocycles. The zero-order valence-corrected chi connectivity index (χ0v) is 13.1. The van der Waals surface area contributed by atoms with Gasteiger partial charge in [0.05, 0.1) is 30.9 Å². The molecule has 1 atom stereocenters. The van der Waals surface area contributed by atoms with Crippen LogP contribution in [0.3, 0.4) is 0 Å². The highest BCUT2D eigenvalue weighted by Gasteiger charge is 2.54. The Bertz CT molecular complexity index is 618. The summed E-state index contributed by atoms with van der Waals surface area (Å²) in [6.07, 6.45) is 14.2. The molecule has 0 radical (unpaired) electrons. The minimum absolute atomic E-state index is 0.176. The second kappa shape index (κ2) is 6.29. The van der Waals surface area contributed by atoms with Gasteiger partial charge in [0.25, 0.3) is 0 Å². The standard InChI is InChI=1S/C16H19N3O5/c20-18(21)16(19(22)23)8-4-14(5-9-16)15(6-2-1-3-7-15)17-10-12-24-13-11-17/h1-6,8-9,14H,7,10-13H2. The first-order valence-corrected chi connectivity index (χ1v) is 7.86. The van der Waals surface area contributed by atoms with Gasteiger partial charge in [-0.3, -0.25) is 25.1 Å². The van der Waals surface area contributed by atoms with Gasteiger partial charge in [0.15, 0.2) is 0 Å². The molecule has 128 valence electrons. The molecule has 0 saturated carbocycles. The van der Waals surface area contributed by atoms with Crippen LogP contribution in [0, 0.1) is 26.1 Å². The van der Waals surface area contributed by atoms with E-state index in [2.05, 4.69) is 17.1 Å². The van der Waals surface area contributed by atoms with E-state index in [1.165, 1.54) is 0 Å². The van der Waals surface area contributed by atoms with Crippen molar-refractivity contribution >= 4 is 0 Å². The monoisotopic (exact) mass is 333 g/mol. The lowest BCUT2D eigenvalue weighted by Gasteiger charge is -2.48. The van der Waals surface area contributed by atoms with E-state index in [1.807, 2.05) is 12.2 Å². The fraction of sp³-hybridized carbons (Fsp3) is 0.500. The molecule has 1 heterocycles. The van der Waals surface area contributed by atoms with Gasteiger partial charge in [-0.2, -0.15) is 0 Å². The molecule has 0 aromatic heterocycles. The fourth-order valence-corrected chi connectivity index (χ4v) is 3.55. The van der Waals surface area contributed by atoms with Crippen LogP contribution in [0.4, 0.5) is 0 Å². The van der Waals surface area contributed by atoms with Gasteiger partial charge in [-0.05, 0) is 6.42 Å². The number of nitrogens with zero attached hydrogens (tertiary/aromatic N) is 3. The van der Waals surface area contributed by atoms with Crippen LogP contribution in [0.25, 0.3) is 0 Å². The maximum absolute atomic E-state index is 11.2. The van der Waals surface area contributed by atoms with Crippen LogP contribution in [0.15, 0.2) is 48.6 Å². The summed E-state index contributed by atoms with van der Waals surface area (Å²) in [4.78, 5) is 22.9. The molecule has 2 aliphatic carbocycles. The van der Waals surface area contributed by atoms with E-state index in [0.29, 0.717) is 13.2 Å². The lowest BCUT2D eigenvalue weighted by molar-refractivity contribution is -0.765. The van der Waals surface area contributed by atoms with E-state index in [-0.39, 0.29) is 11.5 Å². The Morgan fingerprint density at radius 1 is 1.00 bits per heavy atom. The number of allylic oxidation sites excluding steroid dienone is 2. The molecule has 0 aromatic carbocycles. The van der Waals surface area contributed by atoms with Crippen molar-refractivity contribution in [2.75, 3.05) is 26.3 Å². The SMILES string of the molecule is O=[N+]([O-])C1([N+](=O)[O-])C=CC(C2(N3CCOCC3)C=CC=CC2)C=C1. The van der Waals surface area contributed by atoms with Gasteiger partial charge < -0.3 is 4.74 Å². The highest BCUT2D eigenvalue weighted by Crippen LogP contribution is 2.38. The second-order valence-corrected chi connectivity index (χ2v) is 6.12. The topological polar surface area (TPSA) is 98.8 Å². The van der Waals surface area contributed by atoms with Crippen molar-refractivity contribution < 1.29 is 14.6 Å². The number of nitro groups is 2. The van der Waals surface area contributed by atoms with Crippen molar-refractivity contribution in [1.29, 1.82) is 0 Å². The Morgan fingerprint density at radius 2 is 1.62 bits per heavy atom. The Hall–Kier alpha value is -2.32. The third kappa shape index (κ3) is 2.57. The molecule has 0 bridgehead atoms. The maximum atomic E-state index is 11.2. The van der Waals surface area contributed by atoms with Crippen molar-refractivity contribution in [3.63, 3.8) is 0 Å². The molecule has 1 unspecified atom stereocenters. The minimum Gasteiger partial charge on any atom is -0.379 e. The number of ether oxygens (including phenoxy) is 1. The van der Waals surface area contributed by atoms with E-state index in [4.69, 9.17) is 4.74 Å². The van der Waals surface area contributed by atoms with Crippen molar-refractivity contribution in [3.8, 4) is 0 Å². The van der Waals surface area contributed by atoms with E-state index in [1.54, 1.807) is 12.2 Å². The first-order valence-electron chi connectivity index (χ1n) is 7.86. The largest absolute Gasteiger partial charge is 0.497 e. The first-order chi connectivity index (χ1) is 11.5. The molecule has 8 nitrogen and oxygen atoms in total. The summed E-state index contributed by atoms with van der Waals surface area (Å²) >= 11 is 0. The molecule has 1 fully saturated rings. The number of hydrogen-bond donors (Lipinski definition) is 0. The minimum atomic E-state index is -2.36. The quantitative estimate of drug-likeness (QED) is 0.335. The molecule has 24 heavy (non-hydrogen) atoms. The molecule has 8 heteroatoms. The van der Waals surface area contributed by atoms with Gasteiger partial charge in [0.1, 0.15) is 9.85 Å². The normalized spacial score (nSPS) is 29.7. The maximum Gasteiger partial charge on any atom is 0.497 e. The molecule has 3 rings (SSSR count). The first kappa shape index (κ1) is 16.5. The number of hydrogen-bond acceptors (Lipinski definition) is 6. The Kier molecular flexibility index (Phi) is 4.33. The van der Waals surface area contributed by atoms with Gasteiger partial charge in [-0.15, -0.1) is 0 Å². The molecule has 3 aliphatic rings. The summed E-state index contributed by atoms with van der Waals surface area (Å²) in [5, 5.41) is 22.4. The third-order valence-electron chi connectivity index (χ3n) is 4.94. The van der Waals surface area contributed by atoms with Gasteiger partial charge in [0, 0.05) is 19.0 Å². The van der Waals surface area contributed by atoms with Crippen LogP contribution < -0.4 is 0 Å². The van der Waals surface area contributed by atoms with Gasteiger partial charge >= 0.3 is 5.66 Å². The zero-order valence-electron chi connectivity index (χ0n) is 13.1. The zero-order chi connectivity index (χ0) is 17.2. The van der Waals surface area contributed by atoms with Crippen molar-refractivity contribution in [2.45, 2.75) is 17.6 Å². The predicted molar refractivity (Wildman–Crippen MR) is 86.5 cm³/mol. The van der Waals surface area contributed by atoms with Crippen molar-refractivity contribution in [1.82, 2.24) is 4.90 Å². The lowest BCUT2D eigenvalue weighted by atomic mass is 9.74. The molecular weight excluding hydrogens is 314 g/mol. The van der Waals surface area contributed by atoms with Crippen LogP contribution >= 0.6 is 0 Å². The molecule has 0 amide bonds.